The fourth-order valence-electron chi connectivity index (χ4n) is 2.28. The van der Waals surface area contributed by atoms with Crippen LogP contribution in [0.1, 0.15) is 23.2 Å². The number of aromatic nitrogens is 2. The van der Waals surface area contributed by atoms with Gasteiger partial charge in [-0.25, -0.2) is 4.79 Å². The summed E-state index contributed by atoms with van der Waals surface area (Å²) in [6.45, 7) is 0.368. The number of aryl methyl sites for hydroxylation is 1. The quantitative estimate of drug-likeness (QED) is 0.190. The average Bonchev–Trinajstić information content (AvgIpc) is 2.73. The van der Waals surface area contributed by atoms with Gasteiger partial charge in [-0.1, -0.05) is 40.8 Å². The Kier molecular flexibility index (Phi) is 11.6. The van der Waals surface area contributed by atoms with E-state index in [1.54, 1.807) is 30.3 Å². The van der Waals surface area contributed by atoms with E-state index in [1.165, 1.54) is 16.8 Å². The number of alkyl halides is 1. The Bertz CT molecular complexity index is 1040. The van der Waals surface area contributed by atoms with Crippen LogP contribution in [-0.4, -0.2) is 30.9 Å². The SMILES string of the molecule is O=C(Nc1ccn(CCC(I)CCO[P+](=O)O[P+](=O)O[P+](=O)O)c(=O)n1)c1ccccc1. The second kappa shape index (κ2) is 13.9. The molecule has 32 heavy (non-hydrogen) atoms. The Balaban J connectivity index is 1.74. The Morgan fingerprint density at radius 3 is 2.50 bits per heavy atom. The highest BCUT2D eigenvalue weighted by Gasteiger charge is 2.48. The number of amides is 1. The molecule has 0 aliphatic carbocycles. The van der Waals surface area contributed by atoms with E-state index in [0.717, 1.165) is 0 Å². The van der Waals surface area contributed by atoms with Crippen molar-refractivity contribution in [2.45, 2.75) is 23.3 Å². The number of carbonyl (C=O) groups excluding carboxylic acids is 1. The van der Waals surface area contributed by atoms with Gasteiger partial charge in [0.1, 0.15) is 12.4 Å². The van der Waals surface area contributed by atoms with Gasteiger partial charge in [0.25, 0.3) is 5.91 Å². The van der Waals surface area contributed by atoms with E-state index >= 15 is 0 Å². The van der Waals surface area contributed by atoms with Crippen molar-refractivity contribution in [2.75, 3.05) is 11.9 Å². The van der Waals surface area contributed by atoms with E-state index in [4.69, 9.17) is 9.42 Å². The van der Waals surface area contributed by atoms with Crippen molar-refractivity contribution in [1.29, 1.82) is 0 Å². The number of hydrogen-bond donors (Lipinski definition) is 2. The van der Waals surface area contributed by atoms with Gasteiger partial charge in [0.05, 0.1) is 0 Å². The minimum absolute atomic E-state index is 0.00878. The summed E-state index contributed by atoms with van der Waals surface area (Å²) in [7, 11) is -8.93. The fraction of sp³-hybridized carbons (Fsp3) is 0.312. The van der Waals surface area contributed by atoms with Crippen LogP contribution in [0.4, 0.5) is 5.82 Å². The van der Waals surface area contributed by atoms with Crippen molar-refractivity contribution in [3.05, 3.63) is 58.6 Å². The van der Waals surface area contributed by atoms with Crippen molar-refractivity contribution >= 4 is 59.1 Å². The minimum atomic E-state index is -3.14. The highest BCUT2D eigenvalue weighted by molar-refractivity contribution is 14.1. The predicted molar refractivity (Wildman–Crippen MR) is 123 cm³/mol. The van der Waals surface area contributed by atoms with Gasteiger partial charge in [-0.05, 0) is 31.0 Å². The lowest BCUT2D eigenvalue weighted by Gasteiger charge is -2.10. The van der Waals surface area contributed by atoms with Gasteiger partial charge in [-0.3, -0.25) is 9.36 Å². The molecule has 0 aliphatic rings. The molecule has 2 aromatic rings. The largest absolute Gasteiger partial charge is 0.798 e. The third kappa shape index (κ3) is 9.93. The van der Waals surface area contributed by atoms with Gasteiger partial charge in [-0.15, -0.1) is 9.42 Å². The molecular weight excluding hydrogens is 598 g/mol. The summed E-state index contributed by atoms with van der Waals surface area (Å²) >= 11 is 2.13. The van der Waals surface area contributed by atoms with Crippen LogP contribution in [0.25, 0.3) is 0 Å². The molecule has 1 amide bonds. The highest BCUT2D eigenvalue weighted by Crippen LogP contribution is 2.45. The number of rotatable bonds is 13. The normalized spacial score (nSPS) is 13.2. The highest BCUT2D eigenvalue weighted by atomic mass is 127. The zero-order valence-corrected chi connectivity index (χ0v) is 21.1. The van der Waals surface area contributed by atoms with Gasteiger partial charge < -0.3 is 5.32 Å². The van der Waals surface area contributed by atoms with Gasteiger partial charge in [0, 0.05) is 35.9 Å². The molecule has 1 aromatic carbocycles. The predicted octanol–water partition coefficient (Wildman–Crippen LogP) is 4.09. The van der Waals surface area contributed by atoms with Gasteiger partial charge >= 0.3 is 30.5 Å². The number of anilines is 1. The molecule has 4 atom stereocenters. The lowest BCUT2D eigenvalue weighted by atomic mass is 10.2. The second-order valence-corrected chi connectivity index (χ2v) is 10.7. The Morgan fingerprint density at radius 1 is 1.12 bits per heavy atom. The zero-order valence-electron chi connectivity index (χ0n) is 16.3. The van der Waals surface area contributed by atoms with E-state index in [-0.39, 0.29) is 22.3 Å². The van der Waals surface area contributed by atoms with E-state index < -0.39 is 30.5 Å². The van der Waals surface area contributed by atoms with E-state index in [2.05, 4.69) is 41.5 Å². The molecule has 170 valence electrons. The van der Waals surface area contributed by atoms with Gasteiger partial charge in [0.15, 0.2) is 8.62 Å². The first-order chi connectivity index (χ1) is 15.2. The molecule has 1 heterocycles. The molecular formula is C16H18IN3O9P3+3. The third-order valence-electron chi connectivity index (χ3n) is 3.73. The number of nitrogens with one attached hydrogen (secondary N) is 1. The molecule has 0 saturated heterocycles. The van der Waals surface area contributed by atoms with Crippen molar-refractivity contribution in [3.63, 3.8) is 0 Å². The summed E-state index contributed by atoms with van der Waals surface area (Å²) in [6.07, 6.45) is 2.55. The Morgan fingerprint density at radius 2 is 1.84 bits per heavy atom. The van der Waals surface area contributed by atoms with Crippen LogP contribution < -0.4 is 11.0 Å². The summed E-state index contributed by atoms with van der Waals surface area (Å²) in [5.74, 6) is -0.220. The molecule has 0 saturated carbocycles. The number of hydrogen-bond acceptors (Lipinski definition) is 9. The molecule has 0 fully saturated rings. The number of halogens is 1. The first kappa shape index (κ1) is 26.7. The van der Waals surface area contributed by atoms with Gasteiger partial charge in [-0.2, -0.15) is 4.98 Å². The topological polar surface area (TPSA) is 163 Å². The first-order valence-corrected chi connectivity index (χ1v) is 13.5. The average molecular weight is 616 g/mol. The summed E-state index contributed by atoms with van der Waals surface area (Å²) in [5.41, 5.74) is -0.0675. The van der Waals surface area contributed by atoms with Crippen LogP contribution in [0, 0.1) is 0 Å². The van der Waals surface area contributed by atoms with E-state index in [9.17, 15) is 23.3 Å². The van der Waals surface area contributed by atoms with Crippen molar-refractivity contribution < 1.29 is 36.5 Å². The lowest BCUT2D eigenvalue weighted by molar-refractivity contribution is 0.102. The van der Waals surface area contributed by atoms with Crippen LogP contribution in [0.2, 0.25) is 0 Å². The number of benzene rings is 1. The van der Waals surface area contributed by atoms with E-state index in [0.29, 0.717) is 24.9 Å². The van der Waals surface area contributed by atoms with Gasteiger partial charge in [0.2, 0.25) is 0 Å². The molecule has 0 aliphatic heterocycles. The maximum atomic E-state index is 12.2. The maximum absolute atomic E-state index is 12.2. The molecule has 0 radical (unpaired) electrons. The summed E-state index contributed by atoms with van der Waals surface area (Å²) < 4.78 is 47.3. The monoisotopic (exact) mass is 616 g/mol. The first-order valence-electron chi connectivity index (χ1n) is 8.92. The third-order valence-corrected chi connectivity index (χ3v) is 7.53. The Hall–Kier alpha value is -1.56. The zero-order chi connectivity index (χ0) is 23.5. The standard InChI is InChI=1S/C16H16IN3O9P3/c17-13(8-11-27-31(25)29-32(26)28-30(23)24)6-9-20-10-7-14(19-16(20)22)18-15(21)12-4-2-1-3-5-12/h1-5,7,10,13H,6,8-9,11H2/q+1/p+2. The van der Waals surface area contributed by atoms with Crippen LogP contribution in [0.15, 0.2) is 47.4 Å². The smallest absolute Gasteiger partial charge is 0.306 e. The summed E-state index contributed by atoms with van der Waals surface area (Å²) in [5, 5.41) is 2.57. The molecule has 12 nitrogen and oxygen atoms in total. The van der Waals surface area contributed by atoms with Crippen molar-refractivity contribution in [3.8, 4) is 0 Å². The molecule has 2 N–H and O–H groups in total. The molecule has 0 bridgehead atoms. The van der Waals surface area contributed by atoms with Crippen LogP contribution in [0.5, 0.6) is 0 Å². The van der Waals surface area contributed by atoms with E-state index in [1.807, 2.05) is 0 Å². The molecule has 2 rings (SSSR count). The number of carbonyl (C=O) groups is 1. The van der Waals surface area contributed by atoms with Crippen molar-refractivity contribution in [2.24, 2.45) is 0 Å². The minimum Gasteiger partial charge on any atom is -0.306 e. The summed E-state index contributed by atoms with van der Waals surface area (Å²) in [4.78, 5) is 36.6. The summed E-state index contributed by atoms with van der Waals surface area (Å²) in [6, 6.07) is 10.1. The van der Waals surface area contributed by atoms with Crippen LogP contribution in [0.3, 0.4) is 0 Å². The molecule has 4 unspecified atom stereocenters. The second-order valence-electron chi connectivity index (χ2n) is 5.97. The molecule has 0 spiro atoms. The molecule has 16 heteroatoms. The molecule has 1 aromatic heterocycles. The van der Waals surface area contributed by atoms with Crippen LogP contribution in [-0.2, 0) is 33.4 Å². The number of nitrogens with zero attached hydrogens (tertiary/aromatic N) is 2. The Labute approximate surface area is 198 Å². The van der Waals surface area contributed by atoms with Crippen molar-refractivity contribution in [1.82, 2.24) is 9.55 Å². The lowest BCUT2D eigenvalue weighted by Crippen LogP contribution is -2.25. The van der Waals surface area contributed by atoms with Crippen LogP contribution >= 0.6 is 47.4 Å². The fourth-order valence-corrected chi connectivity index (χ4v) is 4.53. The maximum Gasteiger partial charge on any atom is 0.798 e.